The zero-order valence-corrected chi connectivity index (χ0v) is 13.8. The van der Waals surface area contributed by atoms with Crippen LogP contribution in [0.5, 0.6) is 0 Å². The lowest BCUT2D eigenvalue weighted by Gasteiger charge is -2.12. The van der Waals surface area contributed by atoms with Crippen LogP contribution in [0.25, 0.3) is 0 Å². The summed E-state index contributed by atoms with van der Waals surface area (Å²) in [5.41, 5.74) is 1.19. The number of hydrogen-bond donors (Lipinski definition) is 3. The van der Waals surface area contributed by atoms with Crippen molar-refractivity contribution in [3.8, 4) is 0 Å². The molecule has 2 amide bonds. The molecule has 24 heavy (non-hydrogen) atoms. The normalized spacial score (nSPS) is 23.2. The van der Waals surface area contributed by atoms with Gasteiger partial charge in [-0.3, -0.25) is 9.59 Å². The Bertz CT molecular complexity index is 579. The van der Waals surface area contributed by atoms with E-state index in [0.717, 1.165) is 32.4 Å². The first-order valence-electron chi connectivity index (χ1n) is 8.74. The average molecular weight is 331 g/mol. The number of carbonyl (C=O) groups excluding carboxylic acids is 2. The topological polar surface area (TPSA) is 79.5 Å². The molecule has 0 radical (unpaired) electrons. The number of hydrogen-bond acceptors (Lipinski definition) is 4. The van der Waals surface area contributed by atoms with Crippen molar-refractivity contribution in [2.24, 2.45) is 5.92 Å². The van der Waals surface area contributed by atoms with Crippen molar-refractivity contribution < 1.29 is 14.3 Å². The highest BCUT2D eigenvalue weighted by Crippen LogP contribution is 2.16. The van der Waals surface area contributed by atoms with Crippen LogP contribution in [0.15, 0.2) is 24.3 Å². The van der Waals surface area contributed by atoms with Crippen molar-refractivity contribution in [3.63, 3.8) is 0 Å². The molecule has 0 aromatic heterocycles. The lowest BCUT2D eigenvalue weighted by Crippen LogP contribution is -2.28. The highest BCUT2D eigenvalue weighted by Gasteiger charge is 2.23. The van der Waals surface area contributed by atoms with Gasteiger partial charge in [0.15, 0.2) is 0 Å². The molecule has 3 N–H and O–H groups in total. The van der Waals surface area contributed by atoms with Gasteiger partial charge in [0.05, 0.1) is 0 Å². The number of ether oxygens (including phenoxy) is 1. The van der Waals surface area contributed by atoms with Gasteiger partial charge >= 0.3 is 0 Å². The molecule has 0 spiro atoms. The summed E-state index contributed by atoms with van der Waals surface area (Å²) in [6.07, 6.45) is 3.47. The molecule has 1 aromatic carbocycles. The number of rotatable bonds is 6. The van der Waals surface area contributed by atoms with Crippen molar-refractivity contribution in [3.05, 3.63) is 29.8 Å². The Morgan fingerprint density at radius 1 is 1.29 bits per heavy atom. The molecule has 1 aromatic rings. The number of amides is 2. The summed E-state index contributed by atoms with van der Waals surface area (Å²) in [4.78, 5) is 24.3. The van der Waals surface area contributed by atoms with Gasteiger partial charge in [-0.15, -0.1) is 0 Å². The van der Waals surface area contributed by atoms with Gasteiger partial charge in [-0.05, 0) is 62.9 Å². The molecule has 0 aliphatic carbocycles. The van der Waals surface area contributed by atoms with E-state index < -0.39 is 0 Å². The molecule has 2 aliphatic rings. The first-order valence-corrected chi connectivity index (χ1v) is 8.74. The van der Waals surface area contributed by atoms with Crippen molar-refractivity contribution in [2.75, 3.05) is 31.6 Å². The maximum Gasteiger partial charge on any atom is 0.253 e. The van der Waals surface area contributed by atoms with E-state index in [1.165, 1.54) is 6.42 Å². The van der Waals surface area contributed by atoms with Gasteiger partial charge in [-0.1, -0.05) is 6.07 Å². The number of carbonyl (C=O) groups is 2. The van der Waals surface area contributed by atoms with Crippen molar-refractivity contribution >= 4 is 17.5 Å². The molecule has 2 saturated heterocycles. The Morgan fingerprint density at radius 2 is 2.21 bits per heavy atom. The third-order valence-electron chi connectivity index (χ3n) is 4.61. The Morgan fingerprint density at radius 3 is 2.96 bits per heavy atom. The fourth-order valence-electron chi connectivity index (χ4n) is 3.20. The summed E-state index contributed by atoms with van der Waals surface area (Å²) in [6.45, 7) is 3.43. The zero-order chi connectivity index (χ0) is 16.8. The lowest BCUT2D eigenvalue weighted by molar-refractivity contribution is -0.124. The number of nitrogens with one attached hydrogen (secondary N) is 3. The van der Waals surface area contributed by atoms with E-state index in [-0.39, 0.29) is 17.9 Å². The second kappa shape index (κ2) is 8.26. The van der Waals surface area contributed by atoms with Crippen LogP contribution in [0.2, 0.25) is 0 Å². The maximum absolute atomic E-state index is 12.2. The molecule has 0 bridgehead atoms. The van der Waals surface area contributed by atoms with Gasteiger partial charge in [0.2, 0.25) is 0 Å². The molecule has 3 rings (SSSR count). The Labute approximate surface area is 142 Å². The summed E-state index contributed by atoms with van der Waals surface area (Å²) in [7, 11) is 0. The molecular weight excluding hydrogens is 306 g/mol. The molecule has 0 saturated carbocycles. The van der Waals surface area contributed by atoms with E-state index >= 15 is 0 Å². The number of benzene rings is 1. The van der Waals surface area contributed by atoms with E-state index in [2.05, 4.69) is 16.0 Å². The Hall–Kier alpha value is -1.92. The Balaban J connectivity index is 1.49. The first-order chi connectivity index (χ1) is 11.7. The van der Waals surface area contributed by atoms with Crippen LogP contribution >= 0.6 is 0 Å². The maximum atomic E-state index is 12.2. The molecular formula is C18H25N3O3. The van der Waals surface area contributed by atoms with E-state index in [1.54, 1.807) is 24.3 Å². The van der Waals surface area contributed by atoms with E-state index in [9.17, 15) is 9.59 Å². The monoisotopic (exact) mass is 331 g/mol. The minimum absolute atomic E-state index is 0.103. The molecule has 2 fully saturated rings. The van der Waals surface area contributed by atoms with Crippen LogP contribution in [0.1, 0.15) is 36.0 Å². The SMILES string of the molecule is O=C(NCCC1CCNC1)c1cccc(NC(=O)C2CCCO2)c1. The molecule has 6 nitrogen and oxygen atoms in total. The molecule has 6 heteroatoms. The molecule has 2 heterocycles. The summed E-state index contributed by atoms with van der Waals surface area (Å²) in [5.74, 6) is 0.412. The summed E-state index contributed by atoms with van der Waals surface area (Å²) in [5, 5.41) is 9.11. The van der Waals surface area contributed by atoms with E-state index in [4.69, 9.17) is 4.74 Å². The Kier molecular flexibility index (Phi) is 5.82. The van der Waals surface area contributed by atoms with Gasteiger partial charge in [0, 0.05) is 24.4 Å². The largest absolute Gasteiger partial charge is 0.368 e. The fourth-order valence-corrected chi connectivity index (χ4v) is 3.20. The lowest BCUT2D eigenvalue weighted by atomic mass is 10.1. The minimum Gasteiger partial charge on any atom is -0.368 e. The van der Waals surface area contributed by atoms with Crippen molar-refractivity contribution in [2.45, 2.75) is 31.8 Å². The van der Waals surface area contributed by atoms with Crippen LogP contribution in [-0.2, 0) is 9.53 Å². The highest BCUT2D eigenvalue weighted by molar-refractivity contribution is 5.98. The van der Waals surface area contributed by atoms with Crippen LogP contribution in [0, 0.1) is 5.92 Å². The average Bonchev–Trinajstić information content (AvgIpc) is 3.29. The zero-order valence-electron chi connectivity index (χ0n) is 13.8. The van der Waals surface area contributed by atoms with E-state index in [0.29, 0.717) is 30.3 Å². The van der Waals surface area contributed by atoms with Crippen molar-refractivity contribution in [1.82, 2.24) is 10.6 Å². The van der Waals surface area contributed by atoms with Gasteiger partial charge in [0.25, 0.3) is 11.8 Å². The second-order valence-corrected chi connectivity index (χ2v) is 6.48. The quantitative estimate of drug-likeness (QED) is 0.739. The third kappa shape index (κ3) is 4.55. The van der Waals surface area contributed by atoms with Crippen molar-refractivity contribution in [1.29, 1.82) is 0 Å². The second-order valence-electron chi connectivity index (χ2n) is 6.48. The van der Waals surface area contributed by atoms with Gasteiger partial charge in [-0.25, -0.2) is 0 Å². The minimum atomic E-state index is -0.373. The predicted molar refractivity (Wildman–Crippen MR) is 92.0 cm³/mol. The summed E-state index contributed by atoms with van der Waals surface area (Å²) in [6, 6.07) is 7.03. The predicted octanol–water partition coefficient (Wildman–Crippen LogP) is 1.53. The summed E-state index contributed by atoms with van der Waals surface area (Å²) >= 11 is 0. The fraction of sp³-hybridized carbons (Fsp3) is 0.556. The van der Waals surface area contributed by atoms with Gasteiger partial charge in [-0.2, -0.15) is 0 Å². The number of anilines is 1. The van der Waals surface area contributed by atoms with Crippen LogP contribution in [0.3, 0.4) is 0 Å². The third-order valence-corrected chi connectivity index (χ3v) is 4.61. The van der Waals surface area contributed by atoms with Crippen LogP contribution in [-0.4, -0.2) is 44.2 Å². The molecule has 2 atom stereocenters. The smallest absolute Gasteiger partial charge is 0.253 e. The summed E-state index contributed by atoms with van der Waals surface area (Å²) < 4.78 is 5.37. The van der Waals surface area contributed by atoms with E-state index in [1.807, 2.05) is 0 Å². The van der Waals surface area contributed by atoms with Crippen LogP contribution < -0.4 is 16.0 Å². The van der Waals surface area contributed by atoms with Crippen LogP contribution in [0.4, 0.5) is 5.69 Å². The standard InChI is InChI=1S/C18H25N3O3/c22-17(20-9-7-13-6-8-19-12-13)14-3-1-4-15(11-14)21-18(23)16-5-2-10-24-16/h1,3-4,11,13,16,19H,2,5-10,12H2,(H,20,22)(H,21,23). The molecule has 130 valence electrons. The molecule has 2 unspecified atom stereocenters. The first kappa shape index (κ1) is 16.9. The molecule has 2 aliphatic heterocycles. The van der Waals surface area contributed by atoms with Gasteiger partial charge < -0.3 is 20.7 Å². The highest BCUT2D eigenvalue weighted by atomic mass is 16.5. The van der Waals surface area contributed by atoms with Gasteiger partial charge in [0.1, 0.15) is 6.10 Å².